The van der Waals surface area contributed by atoms with E-state index in [1.54, 1.807) is 0 Å². The zero-order valence-electron chi connectivity index (χ0n) is 16.0. The summed E-state index contributed by atoms with van der Waals surface area (Å²) in [6.45, 7) is 2.09. The van der Waals surface area contributed by atoms with E-state index in [1.165, 1.54) is 36.4 Å². The summed E-state index contributed by atoms with van der Waals surface area (Å²) >= 11 is 5.79. The number of alkyl halides is 3. The summed E-state index contributed by atoms with van der Waals surface area (Å²) in [4.78, 5) is 14.9. The number of aromatic hydroxyl groups is 1. The fourth-order valence-corrected chi connectivity index (χ4v) is 3.45. The van der Waals surface area contributed by atoms with E-state index in [0.717, 1.165) is 0 Å². The number of benzene rings is 2. The normalized spacial score (nSPS) is 15.4. The first-order chi connectivity index (χ1) is 14.7. The molecule has 0 spiro atoms. The van der Waals surface area contributed by atoms with E-state index in [1.807, 2.05) is 4.90 Å². The number of ether oxygens (including phenoxy) is 2. The Morgan fingerprint density at radius 2 is 1.77 bits per heavy atom. The van der Waals surface area contributed by atoms with Crippen LogP contribution in [0.25, 0.3) is 11.0 Å². The summed E-state index contributed by atoms with van der Waals surface area (Å²) in [5.74, 6) is -2.82. The lowest BCUT2D eigenvalue weighted by Gasteiger charge is -2.27. The summed E-state index contributed by atoms with van der Waals surface area (Å²) < 4.78 is 57.1. The number of halogens is 4. The maximum absolute atomic E-state index is 13.8. The summed E-state index contributed by atoms with van der Waals surface area (Å²) in [7, 11) is 0. The summed E-state index contributed by atoms with van der Waals surface area (Å²) in [5, 5.41) is 10.5. The Bertz CT molecular complexity index is 1150. The number of rotatable bonds is 4. The van der Waals surface area contributed by atoms with Crippen LogP contribution in [0.2, 0.25) is 5.02 Å². The molecule has 3 aromatic rings. The first kappa shape index (κ1) is 21.5. The molecule has 0 unspecified atom stereocenters. The highest BCUT2D eigenvalue weighted by molar-refractivity contribution is 6.30. The van der Waals surface area contributed by atoms with Crippen LogP contribution in [-0.2, 0) is 17.5 Å². The van der Waals surface area contributed by atoms with Crippen LogP contribution in [0.15, 0.2) is 45.6 Å². The molecule has 31 heavy (non-hydrogen) atoms. The van der Waals surface area contributed by atoms with Crippen LogP contribution in [0.3, 0.4) is 0 Å². The van der Waals surface area contributed by atoms with E-state index >= 15 is 0 Å². The van der Waals surface area contributed by atoms with Crippen molar-refractivity contribution in [1.29, 1.82) is 0 Å². The number of morpholine rings is 1. The minimum Gasteiger partial charge on any atom is -0.507 e. The van der Waals surface area contributed by atoms with Crippen LogP contribution in [0, 0.1) is 0 Å². The number of hydrogen-bond acceptors (Lipinski definition) is 6. The van der Waals surface area contributed by atoms with E-state index < -0.39 is 23.1 Å². The predicted octanol–water partition coefficient (Wildman–Crippen LogP) is 4.80. The van der Waals surface area contributed by atoms with Crippen molar-refractivity contribution in [3.8, 4) is 17.2 Å². The highest BCUT2D eigenvalue weighted by atomic mass is 35.5. The molecule has 1 aliphatic rings. The maximum atomic E-state index is 13.8. The topological polar surface area (TPSA) is 72.1 Å². The van der Waals surface area contributed by atoms with Gasteiger partial charge < -0.3 is 19.0 Å². The van der Waals surface area contributed by atoms with Gasteiger partial charge in [0.2, 0.25) is 11.2 Å². The zero-order chi connectivity index (χ0) is 22.2. The second kappa shape index (κ2) is 8.41. The first-order valence-corrected chi connectivity index (χ1v) is 9.74. The van der Waals surface area contributed by atoms with Gasteiger partial charge in [-0.05, 0) is 36.4 Å². The van der Waals surface area contributed by atoms with Gasteiger partial charge in [0, 0.05) is 24.7 Å². The minimum absolute atomic E-state index is 0.00568. The Kier molecular flexibility index (Phi) is 5.83. The van der Waals surface area contributed by atoms with Crippen molar-refractivity contribution in [2.24, 2.45) is 0 Å². The van der Waals surface area contributed by atoms with Gasteiger partial charge in [0.15, 0.2) is 0 Å². The molecule has 0 saturated carbocycles. The van der Waals surface area contributed by atoms with E-state index in [2.05, 4.69) is 0 Å². The molecule has 1 fully saturated rings. The van der Waals surface area contributed by atoms with Crippen molar-refractivity contribution < 1.29 is 32.2 Å². The number of phenolic OH excluding ortho intramolecular Hbond substituents is 1. The van der Waals surface area contributed by atoms with Gasteiger partial charge >= 0.3 is 6.18 Å². The van der Waals surface area contributed by atoms with Gasteiger partial charge in [0.1, 0.15) is 17.1 Å². The van der Waals surface area contributed by atoms with Crippen molar-refractivity contribution in [3.63, 3.8) is 0 Å². The number of phenols is 1. The Balaban J connectivity index is 1.87. The second-order valence-electron chi connectivity index (χ2n) is 6.97. The molecule has 10 heteroatoms. The number of nitrogens with zero attached hydrogens (tertiary/aromatic N) is 1. The first-order valence-electron chi connectivity index (χ1n) is 9.36. The molecule has 164 valence electrons. The molecule has 0 atom stereocenters. The summed E-state index contributed by atoms with van der Waals surface area (Å²) in [6, 6.07) is 8.00. The maximum Gasteiger partial charge on any atom is 0.453 e. The third-order valence-electron chi connectivity index (χ3n) is 4.87. The SMILES string of the molecule is O=c1c(Oc2ccc(Cl)cc2)c(C(F)(F)F)oc2c(CN3CCOCC3)c(O)ccc12. The molecular weight excluding hydrogens is 439 g/mol. The molecule has 0 radical (unpaired) electrons. The smallest absolute Gasteiger partial charge is 0.453 e. The fourth-order valence-electron chi connectivity index (χ4n) is 3.32. The van der Waals surface area contributed by atoms with Gasteiger partial charge in [-0.15, -0.1) is 0 Å². The van der Waals surface area contributed by atoms with Crippen molar-refractivity contribution in [1.82, 2.24) is 4.90 Å². The average Bonchev–Trinajstić information content (AvgIpc) is 2.73. The van der Waals surface area contributed by atoms with Gasteiger partial charge in [0.25, 0.3) is 5.76 Å². The van der Waals surface area contributed by atoms with Crippen LogP contribution in [-0.4, -0.2) is 36.3 Å². The van der Waals surface area contributed by atoms with E-state index in [9.17, 15) is 23.1 Å². The van der Waals surface area contributed by atoms with Crippen LogP contribution < -0.4 is 10.2 Å². The van der Waals surface area contributed by atoms with Crippen LogP contribution in [0.5, 0.6) is 17.2 Å². The van der Waals surface area contributed by atoms with Crippen molar-refractivity contribution in [2.75, 3.05) is 26.3 Å². The Hall–Kier alpha value is -2.75. The molecule has 2 heterocycles. The lowest BCUT2D eigenvalue weighted by atomic mass is 10.1. The number of hydrogen-bond donors (Lipinski definition) is 1. The van der Waals surface area contributed by atoms with Crippen molar-refractivity contribution >= 4 is 22.6 Å². The molecule has 0 bridgehead atoms. The van der Waals surface area contributed by atoms with Gasteiger partial charge in [-0.25, -0.2) is 0 Å². The molecule has 4 rings (SSSR count). The standard InChI is InChI=1S/C21H17ClF3NO5/c22-12-1-3-13(4-2-12)30-19-17(28)14-5-6-16(27)15(11-26-7-9-29-10-8-26)18(14)31-20(19)21(23,24)25/h1-6,27H,7-11H2. The zero-order valence-corrected chi connectivity index (χ0v) is 16.8. The lowest BCUT2D eigenvalue weighted by molar-refractivity contribution is -0.154. The molecule has 1 aliphatic heterocycles. The monoisotopic (exact) mass is 455 g/mol. The summed E-state index contributed by atoms with van der Waals surface area (Å²) in [5.41, 5.74) is -1.22. The molecule has 6 nitrogen and oxygen atoms in total. The quantitative estimate of drug-likeness (QED) is 0.609. The minimum atomic E-state index is -5.00. The van der Waals surface area contributed by atoms with Gasteiger partial charge in [-0.1, -0.05) is 11.6 Å². The van der Waals surface area contributed by atoms with Crippen LogP contribution in [0.1, 0.15) is 11.3 Å². The largest absolute Gasteiger partial charge is 0.507 e. The molecule has 1 N–H and O–H groups in total. The fraction of sp³-hybridized carbons (Fsp3) is 0.286. The molecule has 0 aliphatic carbocycles. The van der Waals surface area contributed by atoms with Gasteiger partial charge in [0.05, 0.1) is 24.2 Å². The molecule has 1 saturated heterocycles. The Labute approximate surface area is 179 Å². The number of fused-ring (bicyclic) bond motifs is 1. The van der Waals surface area contributed by atoms with Crippen LogP contribution in [0.4, 0.5) is 13.2 Å². The predicted molar refractivity (Wildman–Crippen MR) is 107 cm³/mol. The molecule has 1 aromatic heterocycles. The van der Waals surface area contributed by atoms with E-state index in [4.69, 9.17) is 25.5 Å². The van der Waals surface area contributed by atoms with E-state index in [-0.39, 0.29) is 34.6 Å². The third kappa shape index (κ3) is 4.48. The van der Waals surface area contributed by atoms with E-state index in [0.29, 0.717) is 31.3 Å². The van der Waals surface area contributed by atoms with Gasteiger partial charge in [-0.3, -0.25) is 9.69 Å². The van der Waals surface area contributed by atoms with Crippen molar-refractivity contribution in [2.45, 2.75) is 12.7 Å². The highest BCUT2D eigenvalue weighted by Gasteiger charge is 2.41. The molecular formula is C21H17ClF3NO5. The summed E-state index contributed by atoms with van der Waals surface area (Å²) in [6.07, 6.45) is -5.00. The Morgan fingerprint density at radius 3 is 2.42 bits per heavy atom. The van der Waals surface area contributed by atoms with Crippen LogP contribution >= 0.6 is 11.6 Å². The lowest BCUT2D eigenvalue weighted by Crippen LogP contribution is -2.35. The molecule has 0 amide bonds. The third-order valence-corrected chi connectivity index (χ3v) is 5.13. The van der Waals surface area contributed by atoms with Gasteiger partial charge in [-0.2, -0.15) is 13.2 Å². The molecule has 2 aromatic carbocycles. The van der Waals surface area contributed by atoms with Crippen molar-refractivity contribution in [3.05, 3.63) is 63.0 Å². The highest BCUT2D eigenvalue weighted by Crippen LogP contribution is 2.40. The second-order valence-corrected chi connectivity index (χ2v) is 7.41. The Morgan fingerprint density at radius 1 is 1.10 bits per heavy atom. The average molecular weight is 456 g/mol.